The number of benzene rings is 11. The van der Waals surface area contributed by atoms with Gasteiger partial charge in [0.05, 0.1) is 0 Å². The van der Waals surface area contributed by atoms with Crippen molar-refractivity contribution in [3.63, 3.8) is 0 Å². The molecule has 54 heavy (non-hydrogen) atoms. The number of hydrogen-bond donors (Lipinski definition) is 0. The van der Waals surface area contributed by atoms with Crippen LogP contribution in [-0.2, 0) is 0 Å². The minimum absolute atomic E-state index is 1.23. The van der Waals surface area contributed by atoms with E-state index < -0.39 is 0 Å². The summed E-state index contributed by atoms with van der Waals surface area (Å²) in [5, 5.41) is 17.8. The summed E-state index contributed by atoms with van der Waals surface area (Å²) in [6, 6.07) is 72.0. The Labute approximate surface area is 315 Å². The van der Waals surface area contributed by atoms with Gasteiger partial charge in [-0.05, 0) is 127 Å². The van der Waals surface area contributed by atoms with Crippen LogP contribution < -0.4 is 0 Å². The van der Waals surface area contributed by atoms with Crippen molar-refractivity contribution in [2.45, 2.75) is 13.8 Å². The van der Waals surface area contributed by atoms with E-state index in [0.717, 1.165) is 0 Å². The van der Waals surface area contributed by atoms with Gasteiger partial charge in [-0.1, -0.05) is 190 Å². The number of rotatable bonds is 3. The predicted molar refractivity (Wildman–Crippen MR) is 237 cm³/mol. The van der Waals surface area contributed by atoms with E-state index in [2.05, 4.69) is 194 Å². The lowest BCUT2D eigenvalue weighted by atomic mass is 9.81. The number of hydrogen-bond acceptors (Lipinski definition) is 0. The van der Waals surface area contributed by atoms with E-state index in [-0.39, 0.29) is 0 Å². The number of fused-ring (bicyclic) bond motifs is 10. The Balaban J connectivity index is 0.00000178. The van der Waals surface area contributed by atoms with Crippen LogP contribution in [0.15, 0.2) is 194 Å². The molecule has 0 saturated heterocycles. The van der Waals surface area contributed by atoms with Crippen molar-refractivity contribution in [1.29, 1.82) is 0 Å². The van der Waals surface area contributed by atoms with Gasteiger partial charge in [-0.15, -0.1) is 0 Å². The van der Waals surface area contributed by atoms with Crippen molar-refractivity contribution in [3.8, 4) is 33.4 Å². The fraction of sp³-hybridized carbons (Fsp3) is 0.0370. The molecule has 0 aliphatic rings. The lowest BCUT2D eigenvalue weighted by Gasteiger charge is -2.21. The predicted octanol–water partition coefficient (Wildman–Crippen LogP) is 15.8. The van der Waals surface area contributed by atoms with Gasteiger partial charge in [0, 0.05) is 0 Å². The summed E-state index contributed by atoms with van der Waals surface area (Å²) < 4.78 is 0. The Hall–Kier alpha value is -6.76. The molecule has 0 heterocycles. The van der Waals surface area contributed by atoms with Gasteiger partial charge in [0.15, 0.2) is 0 Å². The van der Waals surface area contributed by atoms with Crippen LogP contribution in [0.25, 0.3) is 109 Å². The largest absolute Gasteiger partial charge is 0.0683 e. The molecule has 0 aliphatic carbocycles. The monoisotopic (exact) mass is 686 g/mol. The fourth-order valence-corrected chi connectivity index (χ4v) is 8.74. The molecule has 0 fully saturated rings. The summed E-state index contributed by atoms with van der Waals surface area (Å²) in [5.74, 6) is 0. The van der Waals surface area contributed by atoms with E-state index in [1.165, 1.54) is 109 Å². The first-order chi connectivity index (χ1) is 26.8. The van der Waals surface area contributed by atoms with Crippen molar-refractivity contribution in [1.82, 2.24) is 0 Å². The zero-order valence-corrected chi connectivity index (χ0v) is 30.5. The average molecular weight is 687 g/mol. The molecule has 0 radical (unpaired) electrons. The normalized spacial score (nSPS) is 11.5. The van der Waals surface area contributed by atoms with E-state index in [4.69, 9.17) is 0 Å². The zero-order chi connectivity index (χ0) is 36.2. The molecule has 0 heteroatoms. The molecule has 0 unspecified atom stereocenters. The Morgan fingerprint density at radius 1 is 0.222 bits per heavy atom. The summed E-state index contributed by atoms with van der Waals surface area (Å²) >= 11 is 0. The van der Waals surface area contributed by atoms with Crippen molar-refractivity contribution in [2.24, 2.45) is 0 Å². The smallest absolute Gasteiger partial charge is 0.00141 e. The first kappa shape index (κ1) is 31.9. The highest BCUT2D eigenvalue weighted by atomic mass is 14.2. The molecule has 11 aromatic rings. The second-order valence-electron chi connectivity index (χ2n) is 14.0. The van der Waals surface area contributed by atoms with Crippen LogP contribution >= 0.6 is 0 Å². The van der Waals surface area contributed by atoms with E-state index in [1.54, 1.807) is 0 Å². The highest BCUT2D eigenvalue weighted by molar-refractivity contribution is 6.32. The van der Waals surface area contributed by atoms with Crippen LogP contribution in [0.3, 0.4) is 0 Å². The third-order valence-corrected chi connectivity index (χ3v) is 11.2. The summed E-state index contributed by atoms with van der Waals surface area (Å²) in [5.41, 5.74) is 7.53. The molecule has 0 saturated carbocycles. The van der Waals surface area contributed by atoms with Crippen molar-refractivity contribution in [3.05, 3.63) is 194 Å². The van der Waals surface area contributed by atoms with Crippen molar-refractivity contribution < 1.29 is 0 Å². The van der Waals surface area contributed by atoms with Crippen LogP contribution in [0.2, 0.25) is 0 Å². The average Bonchev–Trinajstić information content (AvgIpc) is 3.25. The van der Waals surface area contributed by atoms with Crippen LogP contribution in [0, 0.1) is 0 Å². The topological polar surface area (TPSA) is 0 Å². The first-order valence-corrected chi connectivity index (χ1v) is 19.1. The first-order valence-electron chi connectivity index (χ1n) is 19.1. The van der Waals surface area contributed by atoms with Gasteiger partial charge in [0.1, 0.15) is 0 Å². The molecule has 0 bridgehead atoms. The Bertz CT molecular complexity index is 3220. The third kappa shape index (κ3) is 5.06. The van der Waals surface area contributed by atoms with Crippen LogP contribution in [0.5, 0.6) is 0 Å². The SMILES string of the molecule is CC.c1ccc(-c2ccc3cc(-c4c5ccc6ccccc6c5c(-c5ccc6ccc7ccccc7c6c5)c5ccc6ccccc6c45)ccc3c2)cc1. The van der Waals surface area contributed by atoms with E-state index >= 15 is 0 Å². The van der Waals surface area contributed by atoms with Gasteiger partial charge >= 0.3 is 0 Å². The van der Waals surface area contributed by atoms with Gasteiger partial charge in [-0.2, -0.15) is 0 Å². The van der Waals surface area contributed by atoms with Crippen molar-refractivity contribution >= 4 is 75.4 Å². The molecule has 0 spiro atoms. The lowest BCUT2D eigenvalue weighted by molar-refractivity contribution is 1.50. The molecule has 0 nitrogen and oxygen atoms in total. The Morgan fingerprint density at radius 2 is 0.611 bits per heavy atom. The van der Waals surface area contributed by atoms with E-state index in [9.17, 15) is 0 Å². The summed E-state index contributed by atoms with van der Waals surface area (Å²) in [4.78, 5) is 0. The van der Waals surface area contributed by atoms with E-state index in [0.29, 0.717) is 0 Å². The molecule has 254 valence electrons. The summed E-state index contributed by atoms with van der Waals surface area (Å²) in [6.45, 7) is 4.00. The molecule has 0 N–H and O–H groups in total. The van der Waals surface area contributed by atoms with Gasteiger partial charge < -0.3 is 0 Å². The molecule has 0 aromatic heterocycles. The second-order valence-corrected chi connectivity index (χ2v) is 14.0. The standard InChI is InChI=1S/C52H32.C2H6/c1-2-10-33(11-3-1)38-21-22-40-31-41(25-23-39(40)30-38)49-46-28-26-36-14-6-9-17-45(36)52(46)50(47-29-27-35-13-5-8-16-44(35)51(47)49)42-24-20-37-19-18-34-12-4-7-15-43(34)48(37)32-42;1-2/h1-32H;1-2H3. The fourth-order valence-electron chi connectivity index (χ4n) is 8.74. The van der Waals surface area contributed by atoms with E-state index in [1.807, 2.05) is 13.8 Å². The maximum absolute atomic E-state index is 2.43. The Kier molecular flexibility index (Phi) is 7.70. The third-order valence-electron chi connectivity index (χ3n) is 11.2. The Morgan fingerprint density at radius 3 is 1.20 bits per heavy atom. The lowest BCUT2D eigenvalue weighted by Crippen LogP contribution is -1.93. The van der Waals surface area contributed by atoms with Crippen LogP contribution in [0.4, 0.5) is 0 Å². The minimum Gasteiger partial charge on any atom is -0.0683 e. The summed E-state index contributed by atoms with van der Waals surface area (Å²) in [6.07, 6.45) is 0. The highest BCUT2D eigenvalue weighted by Gasteiger charge is 2.21. The summed E-state index contributed by atoms with van der Waals surface area (Å²) in [7, 11) is 0. The maximum Gasteiger partial charge on any atom is -0.00141 e. The quantitative estimate of drug-likeness (QED) is 0.128. The molecule has 11 rings (SSSR count). The van der Waals surface area contributed by atoms with Gasteiger partial charge in [0.25, 0.3) is 0 Å². The highest BCUT2D eigenvalue weighted by Crippen LogP contribution is 2.49. The molecule has 0 atom stereocenters. The van der Waals surface area contributed by atoms with Crippen molar-refractivity contribution in [2.75, 3.05) is 0 Å². The van der Waals surface area contributed by atoms with Crippen LogP contribution in [0.1, 0.15) is 13.8 Å². The molecule has 11 aromatic carbocycles. The maximum atomic E-state index is 2.43. The minimum atomic E-state index is 1.23. The molecular weight excluding hydrogens is 649 g/mol. The van der Waals surface area contributed by atoms with Gasteiger partial charge in [0.2, 0.25) is 0 Å². The van der Waals surface area contributed by atoms with Gasteiger partial charge in [-0.25, -0.2) is 0 Å². The van der Waals surface area contributed by atoms with Crippen LogP contribution in [-0.4, -0.2) is 0 Å². The second kappa shape index (κ2) is 13.0. The molecular formula is C54H38. The van der Waals surface area contributed by atoms with Gasteiger partial charge in [-0.3, -0.25) is 0 Å². The zero-order valence-electron chi connectivity index (χ0n) is 30.5. The molecule has 0 amide bonds. The molecule has 0 aliphatic heterocycles.